The normalized spacial score (nSPS) is 14.9. The van der Waals surface area contributed by atoms with Crippen molar-refractivity contribution in [2.45, 2.75) is 25.4 Å². The summed E-state index contributed by atoms with van der Waals surface area (Å²) in [5.41, 5.74) is 5.34. The number of rotatable bonds is 8. The van der Waals surface area contributed by atoms with Gasteiger partial charge in [0, 0.05) is 19.2 Å². The molecule has 0 saturated carbocycles. The first-order valence-electron chi connectivity index (χ1n) is 9.05. The summed E-state index contributed by atoms with van der Waals surface area (Å²) >= 11 is 5.81. The van der Waals surface area contributed by atoms with E-state index < -0.39 is 11.7 Å². The minimum absolute atomic E-state index is 0.130. The third kappa shape index (κ3) is 5.77. The Morgan fingerprint density at radius 1 is 1.25 bits per heavy atom. The number of benzene rings is 1. The molecule has 7 nitrogen and oxygen atoms in total. The topological polar surface area (TPSA) is 90.6 Å². The minimum Gasteiger partial charge on any atom is -0.491 e. The van der Waals surface area contributed by atoms with Crippen LogP contribution >= 0.6 is 11.6 Å². The zero-order chi connectivity index (χ0) is 19.9. The molecule has 9 heteroatoms. The average Bonchev–Trinajstić information content (AvgIpc) is 2.68. The molecular weight excluding hydrogens is 387 g/mol. The molecule has 1 aromatic carbocycles. The zero-order valence-corrected chi connectivity index (χ0v) is 16.1. The Morgan fingerprint density at radius 2 is 1.96 bits per heavy atom. The van der Waals surface area contributed by atoms with Gasteiger partial charge in [-0.3, -0.25) is 4.79 Å². The van der Waals surface area contributed by atoms with Crippen LogP contribution in [0, 0.1) is 5.82 Å². The molecule has 150 valence electrons. The van der Waals surface area contributed by atoms with E-state index in [0.29, 0.717) is 29.9 Å². The number of halogens is 2. The quantitative estimate of drug-likeness (QED) is 0.674. The molecule has 2 aromatic rings. The molecule has 1 saturated heterocycles. The van der Waals surface area contributed by atoms with Gasteiger partial charge < -0.3 is 20.1 Å². The summed E-state index contributed by atoms with van der Waals surface area (Å²) in [6.45, 7) is 2.33. The largest absolute Gasteiger partial charge is 0.491 e. The van der Waals surface area contributed by atoms with E-state index in [-0.39, 0.29) is 18.1 Å². The number of amides is 1. The van der Waals surface area contributed by atoms with E-state index in [9.17, 15) is 9.18 Å². The van der Waals surface area contributed by atoms with Crippen LogP contribution in [0.25, 0.3) is 0 Å². The smallest absolute Gasteiger partial charge is 0.225 e. The van der Waals surface area contributed by atoms with Crippen molar-refractivity contribution in [1.82, 2.24) is 9.97 Å². The number of carbonyl (C=O) groups is 1. The first-order chi connectivity index (χ1) is 13.5. The molecule has 1 amide bonds. The Bertz CT molecular complexity index is 798. The van der Waals surface area contributed by atoms with E-state index in [4.69, 9.17) is 26.8 Å². The van der Waals surface area contributed by atoms with E-state index >= 15 is 0 Å². The molecular formula is C19H22ClFN4O3. The molecule has 2 heterocycles. The van der Waals surface area contributed by atoms with Crippen molar-refractivity contribution >= 4 is 23.5 Å². The van der Waals surface area contributed by atoms with Crippen LogP contribution < -0.4 is 15.4 Å². The van der Waals surface area contributed by atoms with E-state index in [1.807, 2.05) is 0 Å². The van der Waals surface area contributed by atoms with Gasteiger partial charge >= 0.3 is 0 Å². The average molecular weight is 409 g/mol. The Balaban J connectivity index is 1.36. The van der Waals surface area contributed by atoms with Crippen molar-refractivity contribution in [3.63, 3.8) is 0 Å². The van der Waals surface area contributed by atoms with Crippen molar-refractivity contribution < 1.29 is 18.7 Å². The van der Waals surface area contributed by atoms with Crippen molar-refractivity contribution in [3.05, 3.63) is 47.0 Å². The van der Waals surface area contributed by atoms with Crippen molar-refractivity contribution in [1.29, 1.82) is 0 Å². The number of nitrogens with zero attached hydrogens (tertiary/aromatic N) is 3. The monoisotopic (exact) mass is 408 g/mol. The molecule has 0 radical (unpaired) electrons. The Labute approximate surface area is 167 Å². The fraction of sp³-hybridized carbons (Fsp3) is 0.421. The maximum Gasteiger partial charge on any atom is 0.225 e. The lowest BCUT2D eigenvalue weighted by atomic mass is 10.1. The lowest BCUT2D eigenvalue weighted by Gasteiger charge is -2.31. The first kappa shape index (κ1) is 20.3. The second-order valence-corrected chi connectivity index (χ2v) is 6.94. The fourth-order valence-electron chi connectivity index (χ4n) is 3.01. The molecule has 0 atom stereocenters. The molecule has 0 aliphatic carbocycles. The lowest BCUT2D eigenvalue weighted by molar-refractivity contribution is -0.117. The molecule has 0 spiro atoms. The van der Waals surface area contributed by atoms with E-state index in [1.165, 1.54) is 12.1 Å². The molecule has 3 rings (SSSR count). The van der Waals surface area contributed by atoms with Gasteiger partial charge in [0.25, 0.3) is 0 Å². The Hall–Kier alpha value is -2.45. The van der Waals surface area contributed by atoms with Crippen LogP contribution in [0.3, 0.4) is 0 Å². The second-order valence-electron chi connectivity index (χ2n) is 6.50. The summed E-state index contributed by atoms with van der Waals surface area (Å²) < 4.78 is 25.2. The summed E-state index contributed by atoms with van der Waals surface area (Å²) in [7, 11) is 0. The van der Waals surface area contributed by atoms with Crippen LogP contribution in [0.5, 0.6) is 5.75 Å². The molecule has 1 aliphatic rings. The lowest BCUT2D eigenvalue weighted by Crippen LogP contribution is -2.38. The van der Waals surface area contributed by atoms with Crippen LogP contribution in [0.15, 0.2) is 30.6 Å². The number of hydrogen-bond donors (Lipinski definition) is 1. The number of aromatic nitrogens is 2. The van der Waals surface area contributed by atoms with Crippen LogP contribution in [-0.2, 0) is 16.0 Å². The highest BCUT2D eigenvalue weighted by Gasteiger charge is 2.21. The number of carbonyl (C=O) groups excluding carboxylic acids is 1. The highest BCUT2D eigenvalue weighted by atomic mass is 35.5. The second kappa shape index (κ2) is 9.66. The SMILES string of the molecule is NC(=O)Cc1ccc(OCCOC2CCN(c3ncc(Cl)cn3)CC2)cc1F. The number of anilines is 1. The molecule has 2 N–H and O–H groups in total. The molecule has 1 aliphatic heterocycles. The minimum atomic E-state index is -0.574. The highest BCUT2D eigenvalue weighted by Crippen LogP contribution is 2.20. The number of primary amides is 1. The van der Waals surface area contributed by atoms with E-state index in [1.54, 1.807) is 18.5 Å². The van der Waals surface area contributed by atoms with Gasteiger partial charge in [0.1, 0.15) is 18.2 Å². The van der Waals surface area contributed by atoms with Crippen LogP contribution in [0.4, 0.5) is 10.3 Å². The van der Waals surface area contributed by atoms with Gasteiger partial charge in [-0.25, -0.2) is 14.4 Å². The van der Waals surface area contributed by atoms with Gasteiger partial charge in [-0.15, -0.1) is 0 Å². The fourth-order valence-corrected chi connectivity index (χ4v) is 3.11. The highest BCUT2D eigenvalue weighted by molar-refractivity contribution is 6.30. The van der Waals surface area contributed by atoms with Gasteiger partial charge in [0.2, 0.25) is 11.9 Å². The summed E-state index contributed by atoms with van der Waals surface area (Å²) in [6, 6.07) is 4.37. The molecule has 0 unspecified atom stereocenters. The van der Waals surface area contributed by atoms with Gasteiger partial charge in [-0.1, -0.05) is 17.7 Å². The summed E-state index contributed by atoms with van der Waals surface area (Å²) in [5.74, 6) is -0.0133. The number of ether oxygens (including phenoxy) is 2. The van der Waals surface area contributed by atoms with Gasteiger partial charge in [-0.2, -0.15) is 0 Å². The predicted molar refractivity (Wildman–Crippen MR) is 103 cm³/mol. The maximum absolute atomic E-state index is 13.9. The summed E-state index contributed by atoms with van der Waals surface area (Å²) in [6.07, 6.45) is 4.92. The first-order valence-corrected chi connectivity index (χ1v) is 9.42. The summed E-state index contributed by atoms with van der Waals surface area (Å²) in [5, 5.41) is 0.518. The molecule has 28 heavy (non-hydrogen) atoms. The van der Waals surface area contributed by atoms with Crippen molar-refractivity contribution in [2.75, 3.05) is 31.2 Å². The molecule has 0 bridgehead atoms. The molecule has 1 aromatic heterocycles. The standard InChI is InChI=1S/C19H22ClFN4O3/c20-14-11-23-19(24-12-14)25-5-3-15(4-6-25)27-7-8-28-16-2-1-13(9-18(22)26)17(21)10-16/h1-2,10-12,15H,3-9H2,(H2,22,26). The van der Waals surface area contributed by atoms with Crippen LogP contribution in [0.1, 0.15) is 18.4 Å². The van der Waals surface area contributed by atoms with Crippen LogP contribution in [-0.4, -0.2) is 48.3 Å². The van der Waals surface area contributed by atoms with Crippen LogP contribution in [0.2, 0.25) is 5.02 Å². The van der Waals surface area contributed by atoms with E-state index in [2.05, 4.69) is 14.9 Å². The number of nitrogens with two attached hydrogens (primary N) is 1. The third-order valence-electron chi connectivity index (χ3n) is 4.43. The predicted octanol–water partition coefficient (Wildman–Crippen LogP) is 2.36. The number of hydrogen-bond acceptors (Lipinski definition) is 6. The van der Waals surface area contributed by atoms with E-state index in [0.717, 1.165) is 25.9 Å². The summed E-state index contributed by atoms with van der Waals surface area (Å²) in [4.78, 5) is 21.4. The van der Waals surface area contributed by atoms with Gasteiger partial charge in [0.05, 0.1) is 36.5 Å². The number of piperidine rings is 1. The van der Waals surface area contributed by atoms with Crippen molar-refractivity contribution in [3.8, 4) is 5.75 Å². The Kier molecular flexibility index (Phi) is 7.00. The maximum atomic E-state index is 13.9. The zero-order valence-electron chi connectivity index (χ0n) is 15.3. The third-order valence-corrected chi connectivity index (χ3v) is 4.62. The van der Waals surface area contributed by atoms with Gasteiger partial charge in [0.15, 0.2) is 0 Å². The van der Waals surface area contributed by atoms with Crippen molar-refractivity contribution in [2.24, 2.45) is 5.73 Å². The molecule has 1 fully saturated rings. The van der Waals surface area contributed by atoms with Gasteiger partial charge in [-0.05, 0) is 24.5 Å². The Morgan fingerprint density at radius 3 is 2.61 bits per heavy atom.